The first kappa shape index (κ1) is 23.8. The number of rotatable bonds is 7. The van der Waals surface area contributed by atoms with Gasteiger partial charge in [-0.25, -0.2) is 9.18 Å². The van der Waals surface area contributed by atoms with Crippen LogP contribution in [0.3, 0.4) is 0 Å². The predicted octanol–water partition coefficient (Wildman–Crippen LogP) is 5.56. The first-order valence-electron chi connectivity index (χ1n) is 11.4. The average molecular weight is 464 g/mol. The van der Waals surface area contributed by atoms with Gasteiger partial charge >= 0.3 is 5.97 Å². The van der Waals surface area contributed by atoms with Crippen molar-refractivity contribution in [3.05, 3.63) is 94.3 Å². The van der Waals surface area contributed by atoms with Gasteiger partial charge in [0.1, 0.15) is 11.9 Å². The van der Waals surface area contributed by atoms with E-state index < -0.39 is 0 Å². The van der Waals surface area contributed by atoms with Crippen LogP contribution in [0.15, 0.2) is 60.7 Å². The second-order valence-corrected chi connectivity index (χ2v) is 8.60. The molecule has 6 heteroatoms. The highest BCUT2D eigenvalue weighted by Gasteiger charge is 2.31. The van der Waals surface area contributed by atoms with Crippen LogP contribution in [0.2, 0.25) is 0 Å². The molecule has 3 atom stereocenters. The number of methoxy groups -OCH3 is 2. The summed E-state index contributed by atoms with van der Waals surface area (Å²) in [4.78, 5) is 12.3. The Kier molecular flexibility index (Phi) is 7.17. The summed E-state index contributed by atoms with van der Waals surface area (Å²) in [6, 6.07) is 18.7. The van der Waals surface area contributed by atoms with Crippen LogP contribution in [0, 0.1) is 12.7 Å². The molecule has 0 aliphatic carbocycles. The smallest absolute Gasteiger partial charge is 0.338 e. The maximum Gasteiger partial charge on any atom is 0.338 e. The van der Waals surface area contributed by atoms with E-state index in [4.69, 9.17) is 14.2 Å². The molecule has 0 amide bonds. The van der Waals surface area contributed by atoms with E-state index in [9.17, 15) is 9.18 Å². The predicted molar refractivity (Wildman–Crippen MR) is 129 cm³/mol. The first-order valence-corrected chi connectivity index (χ1v) is 11.4. The fraction of sp³-hybridized carbons (Fsp3) is 0.321. The minimum atomic E-state index is -0.377. The number of esters is 1. The van der Waals surface area contributed by atoms with Crippen LogP contribution >= 0.6 is 0 Å². The molecular formula is C28H30FNO4. The van der Waals surface area contributed by atoms with Gasteiger partial charge in [0, 0.05) is 24.1 Å². The maximum atomic E-state index is 13.8. The molecule has 0 aromatic heterocycles. The molecule has 1 aliphatic rings. The SMILES string of the molecule is COC(=O)c1cccc(C2CC(CNC(C)c3ccc(F)c(OC)c3)Oc3ccccc32)c1C. The van der Waals surface area contributed by atoms with Crippen molar-refractivity contribution in [2.24, 2.45) is 0 Å². The molecule has 1 N–H and O–H groups in total. The summed E-state index contributed by atoms with van der Waals surface area (Å²) in [6.45, 7) is 4.61. The van der Waals surface area contributed by atoms with Crippen molar-refractivity contribution in [2.45, 2.75) is 38.3 Å². The summed E-state index contributed by atoms with van der Waals surface area (Å²) in [5, 5.41) is 3.52. The molecule has 5 nitrogen and oxygen atoms in total. The molecule has 0 spiro atoms. The minimum Gasteiger partial charge on any atom is -0.494 e. The minimum absolute atomic E-state index is 0.0156. The third kappa shape index (κ3) is 4.77. The molecule has 0 bridgehead atoms. The summed E-state index contributed by atoms with van der Waals surface area (Å²) in [6.07, 6.45) is 0.681. The number of hydrogen-bond acceptors (Lipinski definition) is 5. The van der Waals surface area contributed by atoms with Crippen LogP contribution in [0.4, 0.5) is 4.39 Å². The Balaban J connectivity index is 1.56. The molecule has 0 saturated carbocycles. The lowest BCUT2D eigenvalue weighted by atomic mass is 9.81. The second kappa shape index (κ2) is 10.3. The van der Waals surface area contributed by atoms with Crippen molar-refractivity contribution in [1.82, 2.24) is 5.32 Å². The highest BCUT2D eigenvalue weighted by atomic mass is 19.1. The quantitative estimate of drug-likeness (QED) is 0.465. The van der Waals surface area contributed by atoms with Crippen molar-refractivity contribution >= 4 is 5.97 Å². The molecule has 3 aromatic rings. The van der Waals surface area contributed by atoms with Crippen molar-refractivity contribution in [1.29, 1.82) is 0 Å². The van der Waals surface area contributed by atoms with Gasteiger partial charge in [0.25, 0.3) is 0 Å². The molecule has 4 rings (SSSR count). The first-order chi connectivity index (χ1) is 16.4. The van der Waals surface area contributed by atoms with Crippen molar-refractivity contribution < 1.29 is 23.4 Å². The zero-order chi connectivity index (χ0) is 24.2. The van der Waals surface area contributed by atoms with Gasteiger partial charge < -0.3 is 19.5 Å². The number of ether oxygens (including phenoxy) is 3. The Morgan fingerprint density at radius 3 is 2.65 bits per heavy atom. The molecule has 0 radical (unpaired) electrons. The Hall–Kier alpha value is -3.38. The number of carbonyl (C=O) groups is 1. The van der Waals surface area contributed by atoms with E-state index in [1.807, 2.05) is 38.1 Å². The second-order valence-electron chi connectivity index (χ2n) is 8.60. The summed E-state index contributed by atoms with van der Waals surface area (Å²) >= 11 is 0. The Labute approximate surface area is 199 Å². The molecule has 0 fully saturated rings. The number of fused-ring (bicyclic) bond motifs is 1. The highest BCUT2D eigenvalue weighted by Crippen LogP contribution is 2.42. The number of benzene rings is 3. The van der Waals surface area contributed by atoms with E-state index in [-0.39, 0.29) is 35.6 Å². The zero-order valence-electron chi connectivity index (χ0n) is 19.9. The summed E-state index contributed by atoms with van der Waals surface area (Å²) < 4.78 is 30.2. The fourth-order valence-corrected chi connectivity index (χ4v) is 4.65. The lowest BCUT2D eigenvalue weighted by Gasteiger charge is -2.34. The number of carbonyl (C=O) groups excluding carboxylic acids is 1. The normalized spacial score (nSPS) is 17.9. The van der Waals surface area contributed by atoms with Crippen molar-refractivity contribution in [3.63, 3.8) is 0 Å². The maximum absolute atomic E-state index is 13.8. The van der Waals surface area contributed by atoms with Crippen LogP contribution < -0.4 is 14.8 Å². The molecule has 3 aromatic carbocycles. The molecule has 1 heterocycles. The van der Waals surface area contributed by atoms with E-state index in [0.717, 1.165) is 34.4 Å². The van der Waals surface area contributed by atoms with Gasteiger partial charge in [-0.1, -0.05) is 36.4 Å². The highest BCUT2D eigenvalue weighted by molar-refractivity contribution is 5.91. The van der Waals surface area contributed by atoms with Crippen molar-refractivity contribution in [2.75, 3.05) is 20.8 Å². The number of nitrogens with one attached hydrogen (secondary N) is 1. The van der Waals surface area contributed by atoms with Gasteiger partial charge in [-0.15, -0.1) is 0 Å². The van der Waals surface area contributed by atoms with Gasteiger partial charge in [0.2, 0.25) is 0 Å². The molecule has 0 saturated heterocycles. The summed E-state index contributed by atoms with van der Waals surface area (Å²) in [7, 11) is 2.86. The number of hydrogen-bond donors (Lipinski definition) is 1. The van der Waals surface area contributed by atoms with Gasteiger partial charge in [0.15, 0.2) is 11.6 Å². The topological polar surface area (TPSA) is 56.8 Å². The lowest BCUT2D eigenvalue weighted by molar-refractivity contribution is 0.0599. The third-order valence-electron chi connectivity index (χ3n) is 6.57. The van der Waals surface area contributed by atoms with E-state index in [2.05, 4.69) is 17.4 Å². The van der Waals surface area contributed by atoms with Gasteiger partial charge in [0.05, 0.1) is 19.8 Å². The molecule has 34 heavy (non-hydrogen) atoms. The summed E-state index contributed by atoms with van der Waals surface area (Å²) in [5.74, 6) is 0.460. The largest absolute Gasteiger partial charge is 0.494 e. The molecule has 178 valence electrons. The zero-order valence-corrected chi connectivity index (χ0v) is 19.9. The van der Waals surface area contributed by atoms with Gasteiger partial charge in [-0.3, -0.25) is 0 Å². The van der Waals surface area contributed by atoms with E-state index in [1.165, 1.54) is 20.3 Å². The van der Waals surface area contributed by atoms with Crippen LogP contribution in [0.25, 0.3) is 0 Å². The fourth-order valence-electron chi connectivity index (χ4n) is 4.65. The molecule has 1 aliphatic heterocycles. The monoisotopic (exact) mass is 463 g/mol. The van der Waals surface area contributed by atoms with Crippen molar-refractivity contribution in [3.8, 4) is 11.5 Å². The molecular weight excluding hydrogens is 433 g/mol. The van der Waals surface area contributed by atoms with Gasteiger partial charge in [-0.2, -0.15) is 0 Å². The number of halogens is 1. The summed E-state index contributed by atoms with van der Waals surface area (Å²) in [5.41, 5.74) is 4.65. The number of para-hydroxylation sites is 1. The third-order valence-corrected chi connectivity index (χ3v) is 6.57. The van der Waals surface area contributed by atoms with Crippen LogP contribution in [-0.2, 0) is 4.74 Å². The Bertz CT molecular complexity index is 1180. The molecule has 3 unspecified atom stereocenters. The Morgan fingerprint density at radius 1 is 1.12 bits per heavy atom. The standard InChI is InChI=1S/C28H30FNO4/c1-17-21(9-7-10-22(17)28(31)33-4)24-15-20(34-26-11-6-5-8-23(24)26)16-30-18(2)19-12-13-25(29)27(14-19)32-3/h5-14,18,20,24,30H,15-16H2,1-4H3. The average Bonchev–Trinajstić information content (AvgIpc) is 2.86. The van der Waals surface area contributed by atoms with Crippen LogP contribution in [0.5, 0.6) is 11.5 Å². The lowest BCUT2D eigenvalue weighted by Crippen LogP contribution is -2.37. The van der Waals surface area contributed by atoms with E-state index in [0.29, 0.717) is 12.1 Å². The van der Waals surface area contributed by atoms with Crippen LogP contribution in [-0.4, -0.2) is 32.8 Å². The van der Waals surface area contributed by atoms with Crippen LogP contribution in [0.1, 0.15) is 57.9 Å². The van der Waals surface area contributed by atoms with Gasteiger partial charge in [-0.05, 0) is 61.2 Å². The Morgan fingerprint density at radius 2 is 1.88 bits per heavy atom. The van der Waals surface area contributed by atoms with E-state index in [1.54, 1.807) is 18.2 Å². The van der Waals surface area contributed by atoms with E-state index >= 15 is 0 Å².